The van der Waals surface area contributed by atoms with Crippen molar-refractivity contribution in [3.05, 3.63) is 90.0 Å². The summed E-state index contributed by atoms with van der Waals surface area (Å²) in [6.45, 7) is 2.78. The summed E-state index contributed by atoms with van der Waals surface area (Å²) in [5.41, 5.74) is 5.93. The van der Waals surface area contributed by atoms with Gasteiger partial charge in [-0.1, -0.05) is 71.4 Å². The maximum absolute atomic E-state index is 4.91. The first kappa shape index (κ1) is 16.4. The molecule has 0 fully saturated rings. The van der Waals surface area contributed by atoms with E-state index in [0.29, 0.717) is 6.54 Å². The van der Waals surface area contributed by atoms with Gasteiger partial charge in [0.05, 0.1) is 5.52 Å². The van der Waals surface area contributed by atoms with Crippen LogP contribution in [0.3, 0.4) is 0 Å². The Morgan fingerprint density at radius 3 is 2.57 bits per heavy atom. The highest BCUT2D eigenvalue weighted by Gasteiger charge is 2.15. The lowest BCUT2D eigenvalue weighted by Crippen LogP contribution is -2.04. The van der Waals surface area contributed by atoms with E-state index in [1.807, 2.05) is 53.0 Å². The quantitative estimate of drug-likeness (QED) is 0.494. The summed E-state index contributed by atoms with van der Waals surface area (Å²) in [6.07, 6.45) is 0. The molecule has 0 atom stereocenters. The fourth-order valence-corrected chi connectivity index (χ4v) is 3.46. The van der Waals surface area contributed by atoms with Crippen LogP contribution in [0.2, 0.25) is 0 Å². The third-order valence-corrected chi connectivity index (χ3v) is 4.85. The number of anilines is 1. The van der Waals surface area contributed by atoms with E-state index in [2.05, 4.69) is 52.9 Å². The van der Waals surface area contributed by atoms with Crippen molar-refractivity contribution < 1.29 is 0 Å². The molecule has 136 valence electrons. The molecule has 0 radical (unpaired) electrons. The maximum Gasteiger partial charge on any atom is 0.186 e. The van der Waals surface area contributed by atoms with Crippen LogP contribution in [-0.4, -0.2) is 19.8 Å². The molecule has 5 rings (SSSR count). The van der Waals surface area contributed by atoms with E-state index in [1.165, 1.54) is 11.1 Å². The van der Waals surface area contributed by atoms with Gasteiger partial charge in [0.1, 0.15) is 11.5 Å². The molecule has 1 N–H and O–H groups in total. The molecule has 0 unspecified atom stereocenters. The summed E-state index contributed by atoms with van der Waals surface area (Å²) in [5.74, 6) is 0.836. The largest absolute Gasteiger partial charge is 0.365 e. The maximum atomic E-state index is 4.91. The van der Waals surface area contributed by atoms with Gasteiger partial charge >= 0.3 is 0 Å². The van der Waals surface area contributed by atoms with E-state index in [-0.39, 0.29) is 0 Å². The molecule has 2 aromatic heterocycles. The standard InChI is InChI=1S/C23H19N5/c1-16-8-7-11-18(14-16)21-23-25-22(24-15-17-9-3-2-4-10-17)19-12-5-6-13-20(19)28(23)27-26-21/h2-14H,15H2,1H3,(H,24,25). The summed E-state index contributed by atoms with van der Waals surface area (Å²) < 4.78 is 1.82. The second-order valence-electron chi connectivity index (χ2n) is 6.86. The van der Waals surface area contributed by atoms with Gasteiger partial charge in [-0.15, -0.1) is 5.10 Å². The molecule has 0 bridgehead atoms. The Kier molecular flexibility index (Phi) is 3.98. The van der Waals surface area contributed by atoms with E-state index in [0.717, 1.165) is 33.6 Å². The minimum absolute atomic E-state index is 0.704. The van der Waals surface area contributed by atoms with Crippen molar-refractivity contribution in [3.63, 3.8) is 0 Å². The zero-order valence-electron chi connectivity index (χ0n) is 15.5. The fraction of sp³-hybridized carbons (Fsp3) is 0.0870. The molecule has 0 aliphatic rings. The predicted molar refractivity (Wildman–Crippen MR) is 112 cm³/mol. The van der Waals surface area contributed by atoms with Gasteiger partial charge < -0.3 is 5.32 Å². The topological polar surface area (TPSA) is 55.1 Å². The lowest BCUT2D eigenvalue weighted by molar-refractivity contribution is 0.876. The first-order chi connectivity index (χ1) is 13.8. The van der Waals surface area contributed by atoms with Gasteiger partial charge in [0, 0.05) is 17.5 Å². The smallest absolute Gasteiger partial charge is 0.186 e. The van der Waals surface area contributed by atoms with Crippen LogP contribution < -0.4 is 5.32 Å². The molecule has 5 heteroatoms. The average Bonchev–Trinajstić information content (AvgIpc) is 3.17. The molecule has 0 saturated heterocycles. The number of nitrogens with one attached hydrogen (secondary N) is 1. The third-order valence-electron chi connectivity index (χ3n) is 4.85. The SMILES string of the molecule is Cc1cccc(-c2nnn3c2nc(NCc2ccccc2)c2ccccc23)c1. The zero-order valence-corrected chi connectivity index (χ0v) is 15.5. The molecule has 0 amide bonds. The van der Waals surface area contributed by atoms with Gasteiger partial charge in [0.2, 0.25) is 0 Å². The Balaban J connectivity index is 1.67. The van der Waals surface area contributed by atoms with Crippen molar-refractivity contribution in [3.8, 4) is 11.3 Å². The second kappa shape index (κ2) is 6.78. The van der Waals surface area contributed by atoms with E-state index >= 15 is 0 Å². The Bertz CT molecular complexity index is 1270. The minimum atomic E-state index is 0.704. The van der Waals surface area contributed by atoms with Gasteiger partial charge in [0.25, 0.3) is 0 Å². The van der Waals surface area contributed by atoms with E-state index in [1.54, 1.807) is 0 Å². The average molecular weight is 365 g/mol. The molecule has 3 aromatic carbocycles. The van der Waals surface area contributed by atoms with Crippen molar-refractivity contribution >= 4 is 22.4 Å². The summed E-state index contributed by atoms with van der Waals surface area (Å²) in [4.78, 5) is 4.91. The van der Waals surface area contributed by atoms with E-state index in [9.17, 15) is 0 Å². The highest BCUT2D eigenvalue weighted by Crippen LogP contribution is 2.28. The highest BCUT2D eigenvalue weighted by atomic mass is 15.4. The fourth-order valence-electron chi connectivity index (χ4n) is 3.46. The monoisotopic (exact) mass is 365 g/mol. The molecule has 0 aliphatic heterocycles. The van der Waals surface area contributed by atoms with Gasteiger partial charge in [-0.25, -0.2) is 4.98 Å². The molecule has 2 heterocycles. The summed E-state index contributed by atoms with van der Waals surface area (Å²) in [6, 6.07) is 26.7. The second-order valence-corrected chi connectivity index (χ2v) is 6.86. The van der Waals surface area contributed by atoms with Crippen molar-refractivity contribution in [1.29, 1.82) is 0 Å². The van der Waals surface area contributed by atoms with Crippen LogP contribution in [0.5, 0.6) is 0 Å². The Morgan fingerprint density at radius 1 is 0.893 bits per heavy atom. The molecule has 0 saturated carbocycles. The summed E-state index contributed by atoms with van der Waals surface area (Å²) >= 11 is 0. The van der Waals surface area contributed by atoms with Crippen LogP contribution in [0.25, 0.3) is 27.8 Å². The number of rotatable bonds is 4. The Labute approximate surface area is 162 Å². The van der Waals surface area contributed by atoms with Crippen LogP contribution in [0.15, 0.2) is 78.9 Å². The van der Waals surface area contributed by atoms with Gasteiger partial charge in [-0.05, 0) is 30.7 Å². The summed E-state index contributed by atoms with van der Waals surface area (Å²) in [7, 11) is 0. The number of para-hydroxylation sites is 1. The van der Waals surface area contributed by atoms with E-state index < -0.39 is 0 Å². The first-order valence-electron chi connectivity index (χ1n) is 9.28. The number of aryl methyl sites for hydroxylation is 1. The van der Waals surface area contributed by atoms with Gasteiger partial charge in [0.15, 0.2) is 5.65 Å². The molecule has 28 heavy (non-hydrogen) atoms. The van der Waals surface area contributed by atoms with Crippen LogP contribution in [0, 0.1) is 6.92 Å². The number of fused-ring (bicyclic) bond motifs is 3. The third kappa shape index (κ3) is 2.87. The normalized spacial score (nSPS) is 11.2. The van der Waals surface area contributed by atoms with Gasteiger partial charge in [-0.2, -0.15) is 4.52 Å². The Hall–Kier alpha value is -3.73. The minimum Gasteiger partial charge on any atom is -0.365 e. The number of nitrogens with zero attached hydrogens (tertiary/aromatic N) is 4. The molecule has 0 aliphatic carbocycles. The number of hydrogen-bond donors (Lipinski definition) is 1. The van der Waals surface area contributed by atoms with Crippen LogP contribution in [0.4, 0.5) is 5.82 Å². The summed E-state index contributed by atoms with van der Waals surface area (Å²) in [5, 5.41) is 13.3. The van der Waals surface area contributed by atoms with Crippen LogP contribution >= 0.6 is 0 Å². The molecular formula is C23H19N5. The lowest BCUT2D eigenvalue weighted by Gasteiger charge is -2.10. The zero-order chi connectivity index (χ0) is 18.9. The number of aromatic nitrogens is 4. The van der Waals surface area contributed by atoms with Crippen LogP contribution in [-0.2, 0) is 6.54 Å². The molecular weight excluding hydrogens is 346 g/mol. The van der Waals surface area contributed by atoms with E-state index in [4.69, 9.17) is 4.98 Å². The molecule has 5 aromatic rings. The number of hydrogen-bond acceptors (Lipinski definition) is 4. The number of benzene rings is 3. The van der Waals surface area contributed by atoms with Crippen molar-refractivity contribution in [1.82, 2.24) is 19.8 Å². The first-order valence-corrected chi connectivity index (χ1v) is 9.28. The molecule has 0 spiro atoms. The molecule has 5 nitrogen and oxygen atoms in total. The predicted octanol–water partition coefficient (Wildman–Crippen LogP) is 4.87. The van der Waals surface area contributed by atoms with Crippen molar-refractivity contribution in [2.24, 2.45) is 0 Å². The van der Waals surface area contributed by atoms with Crippen molar-refractivity contribution in [2.45, 2.75) is 13.5 Å². The lowest BCUT2D eigenvalue weighted by atomic mass is 10.1. The Morgan fingerprint density at radius 2 is 1.71 bits per heavy atom. The van der Waals surface area contributed by atoms with Crippen molar-refractivity contribution in [2.75, 3.05) is 5.32 Å². The van der Waals surface area contributed by atoms with Crippen LogP contribution in [0.1, 0.15) is 11.1 Å². The highest BCUT2D eigenvalue weighted by molar-refractivity contribution is 5.93. The van der Waals surface area contributed by atoms with Gasteiger partial charge in [-0.3, -0.25) is 0 Å².